The highest BCUT2D eigenvalue weighted by molar-refractivity contribution is 7.47. The van der Waals surface area contributed by atoms with Gasteiger partial charge in [0.2, 0.25) is 0 Å². The van der Waals surface area contributed by atoms with Gasteiger partial charge in [-0.2, -0.15) is 0 Å². The molecule has 60 heavy (non-hydrogen) atoms. The van der Waals surface area contributed by atoms with E-state index >= 15 is 0 Å². The molecule has 0 aliphatic rings. The Morgan fingerprint density at radius 2 is 0.950 bits per heavy atom. The van der Waals surface area contributed by atoms with E-state index in [1.807, 2.05) is 51.5 Å². The SMILES string of the molecule is CC/C=C/C=C/C=C/C=C/CCCCCCCC(=O)OC[C@H](COP(=O)(O)OCC[N+](C)(C)C)OC(=O)CCCCCCCCCCCCCCCCCCCCCCC. The maximum absolute atomic E-state index is 12.7. The number of rotatable bonds is 44. The van der Waals surface area contributed by atoms with Gasteiger partial charge in [-0.05, 0) is 32.1 Å². The maximum atomic E-state index is 12.7. The molecule has 0 spiro atoms. The third-order valence-electron chi connectivity index (χ3n) is 10.5. The van der Waals surface area contributed by atoms with Crippen LogP contribution in [0.15, 0.2) is 48.6 Å². The molecule has 0 fully saturated rings. The van der Waals surface area contributed by atoms with Gasteiger partial charge in [0, 0.05) is 12.8 Å². The van der Waals surface area contributed by atoms with Gasteiger partial charge in [-0.15, -0.1) is 0 Å². The third kappa shape index (κ3) is 45.5. The molecule has 2 atom stereocenters. The number of likely N-dealkylation sites (N-methyl/N-ethyl adjacent to an activating group) is 1. The molecular weight excluding hydrogens is 774 g/mol. The lowest BCUT2D eigenvalue weighted by Gasteiger charge is -2.24. The number of quaternary nitrogens is 1. The Morgan fingerprint density at radius 3 is 1.42 bits per heavy atom. The predicted molar refractivity (Wildman–Crippen MR) is 252 cm³/mol. The molecule has 9 nitrogen and oxygen atoms in total. The molecule has 350 valence electrons. The van der Waals surface area contributed by atoms with Crippen LogP contribution < -0.4 is 0 Å². The average Bonchev–Trinajstić information content (AvgIpc) is 3.20. The molecule has 0 aromatic rings. The molecule has 1 N–H and O–H groups in total. The second-order valence-corrected chi connectivity index (χ2v) is 19.0. The molecule has 0 saturated heterocycles. The van der Waals surface area contributed by atoms with Crippen molar-refractivity contribution in [2.45, 2.75) is 213 Å². The first-order valence-corrected chi connectivity index (χ1v) is 25.9. The zero-order chi connectivity index (χ0) is 44.3. The van der Waals surface area contributed by atoms with Crippen molar-refractivity contribution in [3.63, 3.8) is 0 Å². The van der Waals surface area contributed by atoms with E-state index in [4.69, 9.17) is 18.5 Å². The number of phosphoric ester groups is 1. The number of hydrogen-bond donors (Lipinski definition) is 1. The van der Waals surface area contributed by atoms with Gasteiger partial charge in [-0.1, -0.05) is 210 Å². The van der Waals surface area contributed by atoms with E-state index in [0.29, 0.717) is 23.9 Å². The van der Waals surface area contributed by atoms with Crippen molar-refractivity contribution in [2.24, 2.45) is 0 Å². The highest BCUT2D eigenvalue weighted by atomic mass is 31.2. The summed E-state index contributed by atoms with van der Waals surface area (Å²) < 4.78 is 34.4. The Kier molecular flexibility index (Phi) is 40.8. The molecule has 0 bridgehead atoms. The number of unbranched alkanes of at least 4 members (excludes halogenated alkanes) is 25. The largest absolute Gasteiger partial charge is 0.472 e. The Balaban J connectivity index is 4.27. The van der Waals surface area contributed by atoms with E-state index in [-0.39, 0.29) is 32.0 Å². The van der Waals surface area contributed by atoms with E-state index in [1.54, 1.807) is 0 Å². The molecule has 0 saturated carbocycles. The standard InChI is InChI=1S/C50H92NO8P/c1-6-8-10-12-14-16-18-20-22-23-24-25-26-27-29-31-33-35-37-39-41-43-50(53)59-48(47-58-60(54,55)57-45-44-51(3,4)5)46-56-49(52)42-40-38-36-34-32-30-28-21-19-17-15-13-11-9-7-2/h9,11,13,15,17,19,21,28,48H,6-8,10,12,14,16,18,20,22-27,29-47H2,1-5H3/p+1/b11-9+,15-13+,19-17+,28-21+/t48-/m1/s1. The van der Waals surface area contributed by atoms with E-state index < -0.39 is 26.5 Å². The van der Waals surface area contributed by atoms with Crippen LogP contribution in [0.2, 0.25) is 0 Å². The number of carbonyl (C=O) groups excluding carboxylic acids is 2. The highest BCUT2D eigenvalue weighted by Gasteiger charge is 2.27. The number of esters is 2. The van der Waals surface area contributed by atoms with Crippen molar-refractivity contribution < 1.29 is 42.1 Å². The second-order valence-electron chi connectivity index (χ2n) is 17.6. The summed E-state index contributed by atoms with van der Waals surface area (Å²) in [5.41, 5.74) is 0. The zero-order valence-electron chi connectivity index (χ0n) is 39.4. The lowest BCUT2D eigenvalue weighted by atomic mass is 10.0. The van der Waals surface area contributed by atoms with Gasteiger partial charge in [-0.3, -0.25) is 18.6 Å². The summed E-state index contributed by atoms with van der Waals surface area (Å²) in [6.45, 7) is 4.28. The van der Waals surface area contributed by atoms with Crippen LogP contribution in [0.3, 0.4) is 0 Å². The monoisotopic (exact) mass is 867 g/mol. The van der Waals surface area contributed by atoms with Crippen molar-refractivity contribution in [3.05, 3.63) is 48.6 Å². The van der Waals surface area contributed by atoms with Crippen molar-refractivity contribution >= 4 is 19.8 Å². The molecule has 0 heterocycles. The van der Waals surface area contributed by atoms with E-state index in [1.165, 1.54) is 116 Å². The van der Waals surface area contributed by atoms with Crippen LogP contribution in [-0.2, 0) is 32.7 Å². The van der Waals surface area contributed by atoms with Gasteiger partial charge >= 0.3 is 19.8 Å². The van der Waals surface area contributed by atoms with Gasteiger partial charge in [0.05, 0.1) is 27.7 Å². The number of hydrogen-bond acceptors (Lipinski definition) is 7. The zero-order valence-corrected chi connectivity index (χ0v) is 40.3. The van der Waals surface area contributed by atoms with Crippen LogP contribution in [0.1, 0.15) is 206 Å². The predicted octanol–water partition coefficient (Wildman–Crippen LogP) is 14.2. The first kappa shape index (κ1) is 58.0. The number of carbonyl (C=O) groups is 2. The molecule has 1 unspecified atom stereocenters. The molecular formula is C50H93NO8P+. The van der Waals surface area contributed by atoms with Crippen LogP contribution in [0.5, 0.6) is 0 Å². The first-order chi connectivity index (χ1) is 29.0. The Labute approximate surface area is 369 Å². The van der Waals surface area contributed by atoms with Crippen LogP contribution in [0.25, 0.3) is 0 Å². The van der Waals surface area contributed by atoms with Gasteiger partial charge in [0.25, 0.3) is 0 Å². The lowest BCUT2D eigenvalue weighted by Crippen LogP contribution is -2.37. The highest BCUT2D eigenvalue weighted by Crippen LogP contribution is 2.43. The summed E-state index contributed by atoms with van der Waals surface area (Å²) in [7, 11) is 1.46. The normalized spacial score (nSPS) is 13.9. The quantitative estimate of drug-likeness (QED) is 0.0212. The fourth-order valence-corrected chi connectivity index (χ4v) is 7.41. The number of allylic oxidation sites excluding steroid dienone is 8. The summed E-state index contributed by atoms with van der Waals surface area (Å²) in [4.78, 5) is 35.5. The van der Waals surface area contributed by atoms with Gasteiger partial charge < -0.3 is 18.9 Å². The minimum atomic E-state index is -4.38. The molecule has 0 aliphatic heterocycles. The van der Waals surface area contributed by atoms with Crippen LogP contribution in [-0.4, -0.2) is 74.9 Å². The minimum Gasteiger partial charge on any atom is -0.462 e. The third-order valence-corrected chi connectivity index (χ3v) is 11.5. The van der Waals surface area contributed by atoms with Crippen molar-refractivity contribution in [3.8, 4) is 0 Å². The van der Waals surface area contributed by atoms with Gasteiger partial charge in [-0.25, -0.2) is 4.57 Å². The molecule has 0 rings (SSSR count). The second kappa shape index (κ2) is 42.3. The van der Waals surface area contributed by atoms with Crippen LogP contribution in [0.4, 0.5) is 0 Å². The van der Waals surface area contributed by atoms with Crippen molar-refractivity contribution in [2.75, 3.05) is 47.5 Å². The lowest BCUT2D eigenvalue weighted by molar-refractivity contribution is -0.870. The summed E-state index contributed by atoms with van der Waals surface area (Å²) in [6.07, 6.45) is 50.2. The summed E-state index contributed by atoms with van der Waals surface area (Å²) >= 11 is 0. The maximum Gasteiger partial charge on any atom is 0.472 e. The molecule has 0 radical (unpaired) electrons. The Morgan fingerprint density at radius 1 is 0.533 bits per heavy atom. The van der Waals surface area contributed by atoms with Crippen LogP contribution in [0, 0.1) is 0 Å². The fraction of sp³-hybridized carbons (Fsp3) is 0.800. The number of ether oxygens (including phenoxy) is 2. The van der Waals surface area contributed by atoms with Crippen LogP contribution >= 0.6 is 7.82 Å². The van der Waals surface area contributed by atoms with Gasteiger partial charge in [0.1, 0.15) is 19.8 Å². The topological polar surface area (TPSA) is 108 Å². The number of phosphoric acid groups is 1. The summed E-state index contributed by atoms with van der Waals surface area (Å²) in [5.74, 6) is -0.820. The molecule has 10 heteroatoms. The molecule has 0 aliphatic carbocycles. The summed E-state index contributed by atoms with van der Waals surface area (Å²) in [5, 5.41) is 0. The molecule has 0 aromatic heterocycles. The van der Waals surface area contributed by atoms with E-state index in [9.17, 15) is 19.0 Å². The molecule has 0 amide bonds. The fourth-order valence-electron chi connectivity index (χ4n) is 6.67. The molecule has 0 aromatic carbocycles. The smallest absolute Gasteiger partial charge is 0.462 e. The first-order valence-electron chi connectivity index (χ1n) is 24.4. The van der Waals surface area contributed by atoms with E-state index in [2.05, 4.69) is 32.1 Å². The average molecular weight is 867 g/mol. The minimum absolute atomic E-state index is 0.0273. The number of nitrogens with zero attached hydrogens (tertiary/aromatic N) is 1. The van der Waals surface area contributed by atoms with E-state index in [0.717, 1.165) is 51.4 Å². The van der Waals surface area contributed by atoms with Gasteiger partial charge in [0.15, 0.2) is 6.10 Å². The van der Waals surface area contributed by atoms with Crippen molar-refractivity contribution in [1.29, 1.82) is 0 Å². The summed E-state index contributed by atoms with van der Waals surface area (Å²) in [6, 6.07) is 0. The Hall–Kier alpha value is -2.03. The van der Waals surface area contributed by atoms with Crippen molar-refractivity contribution in [1.82, 2.24) is 0 Å². The Bertz CT molecular complexity index is 1160.